The molecule has 0 aromatic heterocycles. The molecule has 1 aliphatic heterocycles. The van der Waals surface area contributed by atoms with Crippen LogP contribution >= 0.6 is 23.4 Å². The molecular formula is C11H14ClFN2O2S2. The van der Waals surface area contributed by atoms with E-state index in [-0.39, 0.29) is 10.7 Å². The quantitative estimate of drug-likeness (QED) is 0.832. The molecule has 106 valence electrons. The van der Waals surface area contributed by atoms with Crippen LogP contribution in [-0.2, 0) is 10.0 Å². The molecule has 1 fully saturated rings. The van der Waals surface area contributed by atoms with Crippen LogP contribution in [-0.4, -0.2) is 26.5 Å². The Morgan fingerprint density at radius 1 is 1.53 bits per heavy atom. The van der Waals surface area contributed by atoms with E-state index in [0.29, 0.717) is 12.5 Å². The highest BCUT2D eigenvalue weighted by molar-refractivity contribution is 7.99. The highest BCUT2D eigenvalue weighted by atomic mass is 35.5. The van der Waals surface area contributed by atoms with Gasteiger partial charge in [0.25, 0.3) is 0 Å². The largest absolute Gasteiger partial charge is 0.399 e. The summed E-state index contributed by atoms with van der Waals surface area (Å²) in [5, 5.41) is -0.295. The fourth-order valence-electron chi connectivity index (χ4n) is 1.83. The maximum atomic E-state index is 13.8. The Kier molecular flexibility index (Phi) is 4.60. The van der Waals surface area contributed by atoms with E-state index in [9.17, 15) is 12.8 Å². The smallest absolute Gasteiger partial charge is 0.243 e. The van der Waals surface area contributed by atoms with Gasteiger partial charge in [-0.3, -0.25) is 0 Å². The van der Waals surface area contributed by atoms with Crippen molar-refractivity contribution < 1.29 is 12.8 Å². The van der Waals surface area contributed by atoms with Crippen molar-refractivity contribution in [2.24, 2.45) is 5.92 Å². The lowest BCUT2D eigenvalue weighted by atomic mass is 10.1. The first kappa shape index (κ1) is 14.9. The zero-order valence-electron chi connectivity index (χ0n) is 10.0. The first-order valence-electron chi connectivity index (χ1n) is 5.72. The molecular weight excluding hydrogens is 311 g/mol. The first-order valence-corrected chi connectivity index (χ1v) is 8.73. The molecule has 0 radical (unpaired) electrons. The Hall–Kier alpha value is -0.500. The third kappa shape index (κ3) is 3.53. The van der Waals surface area contributed by atoms with Crippen LogP contribution in [0.25, 0.3) is 0 Å². The summed E-state index contributed by atoms with van der Waals surface area (Å²) in [5.74, 6) is 1.27. The SMILES string of the molecule is Nc1cc(Cl)c(F)c(S(=O)(=O)NCC2CCSC2)c1. The summed E-state index contributed by atoms with van der Waals surface area (Å²) >= 11 is 7.39. The van der Waals surface area contributed by atoms with Crippen LogP contribution in [0.15, 0.2) is 17.0 Å². The predicted molar refractivity (Wildman–Crippen MR) is 76.4 cm³/mol. The molecule has 1 aliphatic rings. The monoisotopic (exact) mass is 324 g/mol. The molecule has 1 aromatic rings. The summed E-state index contributed by atoms with van der Waals surface area (Å²) < 4.78 is 40.3. The van der Waals surface area contributed by atoms with Gasteiger partial charge >= 0.3 is 0 Å². The van der Waals surface area contributed by atoms with E-state index in [2.05, 4.69) is 4.72 Å². The Balaban J connectivity index is 2.19. The van der Waals surface area contributed by atoms with Crippen molar-refractivity contribution in [1.29, 1.82) is 0 Å². The summed E-state index contributed by atoms with van der Waals surface area (Å²) in [6.45, 7) is 0.307. The second-order valence-corrected chi connectivity index (χ2v) is 7.69. The van der Waals surface area contributed by atoms with Crippen LogP contribution in [0.5, 0.6) is 0 Å². The van der Waals surface area contributed by atoms with Gasteiger partial charge in [-0.15, -0.1) is 0 Å². The third-order valence-corrected chi connectivity index (χ3v) is 5.82. The Bertz CT molecular complexity index is 574. The molecule has 1 unspecified atom stereocenters. The minimum Gasteiger partial charge on any atom is -0.399 e. The number of benzene rings is 1. The average Bonchev–Trinajstić information content (AvgIpc) is 2.84. The molecule has 2 rings (SSSR count). The van der Waals surface area contributed by atoms with E-state index in [1.807, 2.05) is 0 Å². The summed E-state index contributed by atoms with van der Waals surface area (Å²) in [7, 11) is -3.92. The summed E-state index contributed by atoms with van der Waals surface area (Å²) in [4.78, 5) is -0.497. The summed E-state index contributed by atoms with van der Waals surface area (Å²) in [5.41, 5.74) is 5.61. The Morgan fingerprint density at radius 3 is 2.89 bits per heavy atom. The number of rotatable bonds is 4. The molecule has 0 spiro atoms. The molecule has 1 atom stereocenters. The van der Waals surface area contributed by atoms with Crippen LogP contribution < -0.4 is 10.5 Å². The van der Waals surface area contributed by atoms with E-state index in [0.717, 1.165) is 24.0 Å². The Morgan fingerprint density at radius 2 is 2.26 bits per heavy atom. The molecule has 19 heavy (non-hydrogen) atoms. The molecule has 8 heteroatoms. The highest BCUT2D eigenvalue weighted by Gasteiger charge is 2.24. The van der Waals surface area contributed by atoms with Crippen molar-refractivity contribution in [3.05, 3.63) is 23.0 Å². The second-order valence-electron chi connectivity index (χ2n) is 4.40. The minimum atomic E-state index is -3.92. The van der Waals surface area contributed by atoms with Gasteiger partial charge in [0.2, 0.25) is 10.0 Å². The molecule has 0 amide bonds. The third-order valence-electron chi connectivity index (χ3n) is 2.89. The maximum Gasteiger partial charge on any atom is 0.243 e. The van der Waals surface area contributed by atoms with Crippen LogP contribution in [0, 0.1) is 11.7 Å². The minimum absolute atomic E-state index is 0.114. The van der Waals surface area contributed by atoms with Gasteiger partial charge in [0.15, 0.2) is 5.82 Å². The zero-order valence-corrected chi connectivity index (χ0v) is 12.4. The van der Waals surface area contributed by atoms with E-state index >= 15 is 0 Å². The van der Waals surface area contributed by atoms with Gasteiger partial charge in [-0.1, -0.05) is 11.6 Å². The molecule has 0 saturated carbocycles. The van der Waals surface area contributed by atoms with Crippen LogP contribution in [0.4, 0.5) is 10.1 Å². The van der Waals surface area contributed by atoms with Crippen molar-refractivity contribution >= 4 is 39.1 Å². The molecule has 1 heterocycles. The topological polar surface area (TPSA) is 72.2 Å². The maximum absolute atomic E-state index is 13.8. The van der Waals surface area contributed by atoms with E-state index in [1.165, 1.54) is 6.07 Å². The number of nitrogens with one attached hydrogen (secondary N) is 1. The normalized spacial score (nSPS) is 19.8. The van der Waals surface area contributed by atoms with Crippen molar-refractivity contribution in [3.8, 4) is 0 Å². The van der Waals surface area contributed by atoms with Crippen molar-refractivity contribution in [2.45, 2.75) is 11.3 Å². The van der Waals surface area contributed by atoms with Gasteiger partial charge < -0.3 is 5.73 Å². The second kappa shape index (κ2) is 5.87. The number of hydrogen-bond donors (Lipinski definition) is 2. The number of thioether (sulfide) groups is 1. The average molecular weight is 325 g/mol. The lowest BCUT2D eigenvalue weighted by molar-refractivity contribution is 0.534. The van der Waals surface area contributed by atoms with Gasteiger partial charge in [-0.05, 0) is 36.0 Å². The lowest BCUT2D eigenvalue weighted by Crippen LogP contribution is -2.30. The molecule has 3 N–H and O–H groups in total. The number of anilines is 1. The fraction of sp³-hybridized carbons (Fsp3) is 0.455. The van der Waals surface area contributed by atoms with E-state index < -0.39 is 20.7 Å². The van der Waals surface area contributed by atoms with Crippen molar-refractivity contribution in [3.63, 3.8) is 0 Å². The summed E-state index contributed by atoms with van der Waals surface area (Å²) in [6.07, 6.45) is 0.966. The molecule has 4 nitrogen and oxygen atoms in total. The van der Waals surface area contributed by atoms with Crippen molar-refractivity contribution in [1.82, 2.24) is 4.72 Å². The zero-order chi connectivity index (χ0) is 14.0. The van der Waals surface area contributed by atoms with Crippen LogP contribution in [0.2, 0.25) is 5.02 Å². The van der Waals surface area contributed by atoms with Crippen LogP contribution in [0.3, 0.4) is 0 Å². The number of halogens is 2. The van der Waals surface area contributed by atoms with Gasteiger partial charge in [-0.25, -0.2) is 17.5 Å². The number of nitrogen functional groups attached to an aromatic ring is 1. The van der Waals surface area contributed by atoms with Crippen molar-refractivity contribution in [2.75, 3.05) is 23.8 Å². The fourth-order valence-corrected chi connectivity index (χ4v) is 4.65. The van der Waals surface area contributed by atoms with E-state index in [1.54, 1.807) is 11.8 Å². The number of hydrogen-bond acceptors (Lipinski definition) is 4. The summed E-state index contributed by atoms with van der Waals surface area (Å²) in [6, 6.07) is 2.26. The molecule has 1 saturated heterocycles. The predicted octanol–water partition coefficient (Wildman–Crippen LogP) is 2.09. The van der Waals surface area contributed by atoms with Gasteiger partial charge in [-0.2, -0.15) is 11.8 Å². The van der Waals surface area contributed by atoms with Gasteiger partial charge in [0.1, 0.15) is 4.90 Å². The standard InChI is InChI=1S/C11H14ClFN2O2S2/c12-9-3-8(14)4-10(11(9)13)19(16,17)15-5-7-1-2-18-6-7/h3-4,7,15H,1-2,5-6,14H2. The molecule has 1 aromatic carbocycles. The number of nitrogens with two attached hydrogens (primary N) is 1. The molecule has 0 aliphatic carbocycles. The van der Waals surface area contributed by atoms with Gasteiger partial charge in [0.05, 0.1) is 5.02 Å². The molecule has 0 bridgehead atoms. The van der Waals surface area contributed by atoms with Gasteiger partial charge in [0, 0.05) is 12.2 Å². The number of sulfonamides is 1. The lowest BCUT2D eigenvalue weighted by Gasteiger charge is -2.12. The Labute approximate surface area is 120 Å². The van der Waals surface area contributed by atoms with Crippen LogP contribution in [0.1, 0.15) is 6.42 Å². The van der Waals surface area contributed by atoms with E-state index in [4.69, 9.17) is 17.3 Å². The highest BCUT2D eigenvalue weighted by Crippen LogP contribution is 2.27. The first-order chi connectivity index (χ1) is 8.90.